The van der Waals surface area contributed by atoms with Gasteiger partial charge in [-0.1, -0.05) is 30.3 Å². The number of Topliss-reactive ketones (excluding diaryl/α,β-unsaturated/α-hetero) is 1. The minimum absolute atomic E-state index is 0.127. The third kappa shape index (κ3) is 4.41. The molecule has 1 aliphatic heterocycles. The number of hydrogen-bond donors (Lipinski definition) is 2. The highest BCUT2D eigenvalue weighted by Crippen LogP contribution is 2.42. The number of rotatable bonds is 8. The number of ether oxygens (including phenoxy) is 2. The number of hydrogen-bond acceptors (Lipinski definition) is 9. The van der Waals surface area contributed by atoms with Crippen molar-refractivity contribution in [2.75, 3.05) is 23.9 Å². The van der Waals surface area contributed by atoms with Crippen LogP contribution >= 0.6 is 0 Å². The smallest absolute Gasteiger partial charge is 0.358 e. The Bertz CT molecular complexity index is 1420. The lowest BCUT2D eigenvalue weighted by molar-refractivity contribution is -0.384. The Morgan fingerprint density at radius 3 is 2.21 bits per heavy atom. The zero-order valence-electron chi connectivity index (χ0n) is 20.4. The topological polar surface area (TPSA) is 148 Å². The van der Waals surface area contributed by atoms with Crippen LogP contribution in [-0.4, -0.2) is 47.1 Å². The van der Waals surface area contributed by atoms with E-state index in [0.29, 0.717) is 12.4 Å². The molecule has 194 valence electrons. The lowest BCUT2D eigenvalue weighted by atomic mass is 9.94. The van der Waals surface area contributed by atoms with Crippen molar-refractivity contribution in [3.63, 3.8) is 0 Å². The Kier molecular flexibility index (Phi) is 7.10. The van der Waals surface area contributed by atoms with Crippen molar-refractivity contribution < 1.29 is 33.9 Å². The van der Waals surface area contributed by atoms with Crippen molar-refractivity contribution in [3.05, 3.63) is 100 Å². The molecule has 1 atom stereocenters. The summed E-state index contributed by atoms with van der Waals surface area (Å²) >= 11 is 0. The molecule has 1 amide bonds. The van der Waals surface area contributed by atoms with Crippen LogP contribution in [0, 0.1) is 10.1 Å². The maximum Gasteiger partial charge on any atom is 0.358 e. The summed E-state index contributed by atoms with van der Waals surface area (Å²) in [4.78, 5) is 52.0. The second-order valence-electron chi connectivity index (χ2n) is 8.12. The number of nitro groups is 1. The number of carbonyl (C=O) groups excluding carboxylic acids is 3. The number of carbonyl (C=O) groups is 3. The van der Waals surface area contributed by atoms with Gasteiger partial charge in [0.1, 0.15) is 17.1 Å². The van der Waals surface area contributed by atoms with Crippen LogP contribution in [0.5, 0.6) is 5.75 Å². The number of aliphatic hydroxyl groups is 1. The van der Waals surface area contributed by atoms with Gasteiger partial charge in [0, 0.05) is 29.1 Å². The van der Waals surface area contributed by atoms with E-state index in [1.165, 1.54) is 48.5 Å². The fourth-order valence-corrected chi connectivity index (χ4v) is 4.21. The van der Waals surface area contributed by atoms with Gasteiger partial charge in [-0.25, -0.2) is 4.79 Å². The molecule has 3 aromatic carbocycles. The molecule has 1 fully saturated rings. The van der Waals surface area contributed by atoms with E-state index in [1.54, 1.807) is 37.3 Å². The van der Waals surface area contributed by atoms with Gasteiger partial charge in [-0.2, -0.15) is 0 Å². The number of amides is 1. The molecule has 0 spiro atoms. The minimum Gasteiger partial charge on any atom is -0.507 e. The summed E-state index contributed by atoms with van der Waals surface area (Å²) in [6.07, 6.45) is 0. The number of methoxy groups -OCH3 is 1. The lowest BCUT2D eigenvalue weighted by Gasteiger charge is -2.37. The first-order chi connectivity index (χ1) is 18.2. The van der Waals surface area contributed by atoms with Crippen molar-refractivity contribution in [1.82, 2.24) is 0 Å². The van der Waals surface area contributed by atoms with Gasteiger partial charge in [0.25, 0.3) is 17.1 Å². The zero-order valence-corrected chi connectivity index (χ0v) is 20.4. The van der Waals surface area contributed by atoms with Gasteiger partial charge in [0.2, 0.25) is 0 Å². The number of nitrogens with zero attached hydrogens (tertiary/aromatic N) is 2. The van der Waals surface area contributed by atoms with E-state index in [9.17, 15) is 29.6 Å². The van der Waals surface area contributed by atoms with Crippen LogP contribution in [0.15, 0.2) is 84.4 Å². The van der Waals surface area contributed by atoms with Crippen LogP contribution in [-0.2, 0) is 19.1 Å². The molecule has 0 aliphatic carbocycles. The van der Waals surface area contributed by atoms with Crippen molar-refractivity contribution in [2.24, 2.45) is 0 Å². The van der Waals surface area contributed by atoms with Crippen molar-refractivity contribution in [3.8, 4) is 5.75 Å². The van der Waals surface area contributed by atoms with Crippen molar-refractivity contribution in [2.45, 2.75) is 12.6 Å². The quantitative estimate of drug-likeness (QED) is 0.113. The monoisotopic (exact) mass is 517 g/mol. The van der Waals surface area contributed by atoms with Crippen LogP contribution < -0.4 is 15.0 Å². The molecular weight excluding hydrogens is 494 g/mol. The molecule has 2 N–H and O–H groups in total. The highest BCUT2D eigenvalue weighted by Gasteiger charge is 2.63. The van der Waals surface area contributed by atoms with Crippen LogP contribution in [0.1, 0.15) is 12.5 Å². The summed E-state index contributed by atoms with van der Waals surface area (Å²) in [5, 5.41) is 25.3. The minimum atomic E-state index is -2.37. The number of ketones is 1. The van der Waals surface area contributed by atoms with Crippen molar-refractivity contribution >= 4 is 40.5 Å². The Hall–Kier alpha value is -5.19. The zero-order chi connectivity index (χ0) is 27.4. The Morgan fingerprint density at radius 1 is 1.03 bits per heavy atom. The largest absolute Gasteiger partial charge is 0.507 e. The van der Waals surface area contributed by atoms with Gasteiger partial charge in [-0.15, -0.1) is 0 Å². The summed E-state index contributed by atoms with van der Waals surface area (Å²) in [6, 6.07) is 19.0. The third-order valence-corrected chi connectivity index (χ3v) is 5.90. The predicted molar refractivity (Wildman–Crippen MR) is 138 cm³/mol. The fourth-order valence-electron chi connectivity index (χ4n) is 4.21. The standard InChI is InChI=1S/C27H23N3O8/c1-3-38-21-15-13-19(14-16-21)29-25(33)24(32)22(23(31)17-7-5-4-6-8-17)27(29,26(34)37-2)28-18-9-11-20(12-10-18)30(35)36/h4-16,28,31H,3H2,1-2H3/b23-22-. The van der Waals surface area contributed by atoms with E-state index < -0.39 is 39.6 Å². The van der Waals surface area contributed by atoms with Gasteiger partial charge in [-0.05, 0) is 43.3 Å². The third-order valence-electron chi connectivity index (χ3n) is 5.90. The first-order valence-corrected chi connectivity index (χ1v) is 11.5. The molecule has 1 saturated heterocycles. The first kappa shape index (κ1) is 25.9. The van der Waals surface area contributed by atoms with E-state index in [2.05, 4.69) is 5.32 Å². The highest BCUT2D eigenvalue weighted by molar-refractivity contribution is 6.54. The SMILES string of the molecule is CCOc1ccc(N2C(=O)C(=O)/C(=C(/O)c3ccccc3)C2(Nc2ccc([N+](=O)[O-])cc2)C(=O)OC)cc1. The van der Waals surface area contributed by atoms with Crippen molar-refractivity contribution in [1.29, 1.82) is 0 Å². The van der Waals surface area contributed by atoms with E-state index in [0.717, 1.165) is 12.0 Å². The summed E-state index contributed by atoms with van der Waals surface area (Å²) in [6.45, 7) is 2.20. The fraction of sp³-hybridized carbons (Fsp3) is 0.148. The van der Waals surface area contributed by atoms with E-state index in [-0.39, 0.29) is 22.6 Å². The average molecular weight is 517 g/mol. The molecule has 0 aromatic heterocycles. The molecule has 0 saturated carbocycles. The Morgan fingerprint density at radius 2 is 1.66 bits per heavy atom. The summed E-state index contributed by atoms with van der Waals surface area (Å²) in [7, 11) is 1.07. The molecule has 1 heterocycles. The number of esters is 1. The Labute approximate surface area is 217 Å². The van der Waals surface area contributed by atoms with Crippen LogP contribution in [0.25, 0.3) is 5.76 Å². The molecular formula is C27H23N3O8. The summed E-state index contributed by atoms with van der Waals surface area (Å²) < 4.78 is 10.5. The number of aliphatic hydroxyl groups excluding tert-OH is 1. The molecule has 11 nitrogen and oxygen atoms in total. The van der Waals surface area contributed by atoms with Gasteiger partial charge >= 0.3 is 11.9 Å². The summed E-state index contributed by atoms with van der Waals surface area (Å²) in [5.41, 5.74) is -2.71. The molecule has 3 aromatic rings. The molecule has 0 radical (unpaired) electrons. The first-order valence-electron chi connectivity index (χ1n) is 11.5. The Balaban J connectivity index is 1.99. The number of benzene rings is 3. The van der Waals surface area contributed by atoms with Gasteiger partial charge in [-0.3, -0.25) is 24.6 Å². The number of non-ortho nitro benzene ring substituents is 1. The normalized spacial score (nSPS) is 18.2. The van der Waals surface area contributed by atoms with Crippen LogP contribution in [0.2, 0.25) is 0 Å². The van der Waals surface area contributed by atoms with Gasteiger partial charge < -0.3 is 19.9 Å². The summed E-state index contributed by atoms with van der Waals surface area (Å²) in [5.74, 6) is -3.45. The van der Waals surface area contributed by atoms with E-state index in [1.807, 2.05) is 0 Å². The second kappa shape index (κ2) is 10.4. The van der Waals surface area contributed by atoms with E-state index in [4.69, 9.17) is 9.47 Å². The predicted octanol–water partition coefficient (Wildman–Crippen LogP) is 3.86. The maximum absolute atomic E-state index is 13.6. The molecule has 1 aliphatic rings. The van der Waals surface area contributed by atoms with Gasteiger partial charge in [0.05, 0.1) is 18.6 Å². The molecule has 11 heteroatoms. The second-order valence-corrected chi connectivity index (χ2v) is 8.12. The average Bonchev–Trinajstić information content (AvgIpc) is 3.15. The van der Waals surface area contributed by atoms with Gasteiger partial charge in [0.15, 0.2) is 0 Å². The molecule has 4 rings (SSSR count). The van der Waals surface area contributed by atoms with Crippen LogP contribution in [0.4, 0.5) is 17.1 Å². The number of nitrogens with one attached hydrogen (secondary N) is 1. The maximum atomic E-state index is 13.6. The number of anilines is 2. The highest BCUT2D eigenvalue weighted by atomic mass is 16.6. The molecule has 0 bridgehead atoms. The van der Waals surface area contributed by atoms with E-state index >= 15 is 0 Å². The molecule has 38 heavy (non-hydrogen) atoms. The number of nitro benzene ring substituents is 1. The lowest BCUT2D eigenvalue weighted by Crippen LogP contribution is -2.59. The van der Waals surface area contributed by atoms with Crippen LogP contribution in [0.3, 0.4) is 0 Å². The molecule has 1 unspecified atom stereocenters.